The topological polar surface area (TPSA) is 86.7 Å². The molecule has 2 atom stereocenters. The molecule has 0 rings (SSSR count). The van der Waals surface area contributed by atoms with Crippen molar-refractivity contribution in [1.82, 2.24) is 0 Å². The van der Waals surface area contributed by atoms with E-state index in [2.05, 4.69) is 0 Å². The first kappa shape index (κ1) is 25.3. The van der Waals surface area contributed by atoms with Crippen molar-refractivity contribution in [1.29, 1.82) is 0 Å². The number of unbranched alkanes of at least 4 members (excludes halogenated alkanes) is 1. The molecule has 0 aliphatic heterocycles. The number of ketones is 1. The molecule has 6 nitrogen and oxygen atoms in total. The first-order chi connectivity index (χ1) is 12.8. The summed E-state index contributed by atoms with van der Waals surface area (Å²) in [5.41, 5.74) is -3.74. The van der Waals surface area contributed by atoms with E-state index in [-0.39, 0.29) is 37.9 Å². The average Bonchev–Trinajstić information content (AvgIpc) is 2.64. The largest absolute Gasteiger partial charge is 0.446 e. The van der Waals surface area contributed by atoms with E-state index in [0.29, 0.717) is 25.7 Å². The smallest absolute Gasteiger partial charge is 0.306 e. The van der Waals surface area contributed by atoms with Crippen LogP contribution in [-0.4, -0.2) is 35.2 Å². The van der Waals surface area contributed by atoms with Gasteiger partial charge in [-0.05, 0) is 32.1 Å². The lowest BCUT2D eigenvalue weighted by atomic mass is 9.72. The second-order valence-electron chi connectivity index (χ2n) is 6.83. The van der Waals surface area contributed by atoms with Gasteiger partial charge in [-0.1, -0.05) is 47.5 Å². The monoisotopic (exact) mass is 383 g/mol. The highest BCUT2D eigenvalue weighted by molar-refractivity contribution is 5.96. The van der Waals surface area contributed by atoms with Crippen LogP contribution in [0.4, 0.5) is 0 Å². The van der Waals surface area contributed by atoms with E-state index in [1.54, 1.807) is 6.92 Å². The highest BCUT2D eigenvalue weighted by Gasteiger charge is 2.61. The molecular formula is C21H35O6. The van der Waals surface area contributed by atoms with Crippen molar-refractivity contribution in [2.75, 3.05) is 0 Å². The molecular weight excluding hydrogens is 348 g/mol. The SMILES string of the molecule is CCCCC(OC(=O)CC)(C(=O)CCC)C([C]=O)(CCC)OC(=O)CCC. The quantitative estimate of drug-likeness (QED) is 0.393. The number of Topliss-reactive ketones (excluding diaryl/α,β-unsaturated/α-hetero) is 1. The Morgan fingerprint density at radius 3 is 1.85 bits per heavy atom. The fraction of sp³-hybridized carbons (Fsp3) is 0.810. The third-order valence-electron chi connectivity index (χ3n) is 4.55. The van der Waals surface area contributed by atoms with Crippen LogP contribution in [-0.2, 0) is 28.7 Å². The van der Waals surface area contributed by atoms with Crippen LogP contribution < -0.4 is 0 Å². The maximum atomic E-state index is 13.2. The Balaban J connectivity index is 6.48. The summed E-state index contributed by atoms with van der Waals surface area (Å²) in [5, 5.41) is 0. The van der Waals surface area contributed by atoms with Gasteiger partial charge in [0.2, 0.25) is 11.2 Å². The van der Waals surface area contributed by atoms with Crippen LogP contribution in [0.15, 0.2) is 0 Å². The summed E-state index contributed by atoms with van der Waals surface area (Å²) in [6.45, 7) is 9.02. The molecule has 0 aromatic carbocycles. The highest BCUT2D eigenvalue weighted by atomic mass is 16.6. The Kier molecular flexibility index (Phi) is 11.8. The van der Waals surface area contributed by atoms with Gasteiger partial charge in [0.1, 0.15) is 0 Å². The van der Waals surface area contributed by atoms with Crippen molar-refractivity contribution in [3.63, 3.8) is 0 Å². The van der Waals surface area contributed by atoms with E-state index in [4.69, 9.17) is 9.47 Å². The molecule has 0 saturated heterocycles. The summed E-state index contributed by atoms with van der Waals surface area (Å²) in [5.74, 6) is -1.58. The summed E-state index contributed by atoms with van der Waals surface area (Å²) in [7, 11) is 0. The predicted octanol–water partition coefficient (Wildman–Crippen LogP) is 4.23. The fourth-order valence-electron chi connectivity index (χ4n) is 3.17. The van der Waals surface area contributed by atoms with Gasteiger partial charge >= 0.3 is 11.9 Å². The van der Waals surface area contributed by atoms with E-state index >= 15 is 0 Å². The van der Waals surface area contributed by atoms with Gasteiger partial charge in [0.25, 0.3) is 6.29 Å². The van der Waals surface area contributed by atoms with E-state index in [1.807, 2.05) is 34.0 Å². The Bertz CT molecular complexity index is 501. The number of hydrogen-bond donors (Lipinski definition) is 0. The van der Waals surface area contributed by atoms with Crippen molar-refractivity contribution >= 4 is 24.0 Å². The molecule has 0 saturated carbocycles. The second kappa shape index (κ2) is 12.6. The predicted molar refractivity (Wildman–Crippen MR) is 103 cm³/mol. The van der Waals surface area contributed by atoms with E-state index in [9.17, 15) is 19.2 Å². The van der Waals surface area contributed by atoms with Crippen LogP contribution in [0.3, 0.4) is 0 Å². The van der Waals surface area contributed by atoms with Gasteiger partial charge in [-0.3, -0.25) is 19.2 Å². The van der Waals surface area contributed by atoms with Crippen LogP contribution in [0.25, 0.3) is 0 Å². The van der Waals surface area contributed by atoms with Crippen molar-refractivity contribution in [2.45, 2.75) is 110 Å². The van der Waals surface area contributed by atoms with Gasteiger partial charge in [-0.2, -0.15) is 0 Å². The Labute approximate surface area is 163 Å². The molecule has 0 aliphatic carbocycles. The maximum Gasteiger partial charge on any atom is 0.306 e. The fourth-order valence-corrected chi connectivity index (χ4v) is 3.17. The van der Waals surface area contributed by atoms with Crippen molar-refractivity contribution in [3.05, 3.63) is 0 Å². The molecule has 0 bridgehead atoms. The summed E-state index contributed by atoms with van der Waals surface area (Å²) >= 11 is 0. The van der Waals surface area contributed by atoms with Gasteiger partial charge in [0.05, 0.1) is 0 Å². The van der Waals surface area contributed by atoms with Crippen LogP contribution >= 0.6 is 0 Å². The molecule has 0 spiro atoms. The number of esters is 2. The molecule has 0 aromatic rings. The van der Waals surface area contributed by atoms with Crippen LogP contribution in [0.5, 0.6) is 0 Å². The summed E-state index contributed by atoms with van der Waals surface area (Å²) < 4.78 is 11.2. The third kappa shape index (κ3) is 6.43. The standard InChI is InChI=1S/C21H35O6/c1-6-11-15-21(17(23)12-7-2,27-18(24)10-5)20(16-22,14-9-4)26-19(25)13-8-3/h6-15H2,1-5H3. The maximum absolute atomic E-state index is 13.2. The molecule has 1 radical (unpaired) electrons. The highest BCUT2D eigenvalue weighted by Crippen LogP contribution is 2.40. The van der Waals surface area contributed by atoms with Crippen LogP contribution in [0.2, 0.25) is 0 Å². The minimum atomic E-state index is -1.92. The number of rotatable bonds is 15. The first-order valence-electron chi connectivity index (χ1n) is 10.2. The number of hydrogen-bond acceptors (Lipinski definition) is 6. The average molecular weight is 384 g/mol. The van der Waals surface area contributed by atoms with E-state index in [0.717, 1.165) is 6.42 Å². The summed E-state index contributed by atoms with van der Waals surface area (Å²) in [6.07, 6.45) is 5.13. The molecule has 0 heterocycles. The molecule has 0 fully saturated rings. The molecule has 0 aliphatic rings. The minimum Gasteiger partial charge on any atom is -0.446 e. The first-order valence-corrected chi connectivity index (χ1v) is 10.2. The molecule has 2 unspecified atom stereocenters. The zero-order valence-electron chi connectivity index (χ0n) is 17.5. The van der Waals surface area contributed by atoms with Crippen LogP contribution in [0, 0.1) is 0 Å². The Hall–Kier alpha value is -1.72. The zero-order chi connectivity index (χ0) is 20.9. The van der Waals surface area contributed by atoms with E-state index < -0.39 is 23.1 Å². The van der Waals surface area contributed by atoms with Gasteiger partial charge < -0.3 is 9.47 Å². The number of carbonyl (C=O) groups excluding carboxylic acids is 4. The lowest BCUT2D eigenvalue weighted by Gasteiger charge is -2.44. The molecule has 0 N–H and O–H groups in total. The zero-order valence-corrected chi connectivity index (χ0v) is 17.5. The number of ether oxygens (including phenoxy) is 2. The van der Waals surface area contributed by atoms with Crippen molar-refractivity contribution in [2.24, 2.45) is 0 Å². The lowest BCUT2D eigenvalue weighted by Crippen LogP contribution is -2.64. The lowest BCUT2D eigenvalue weighted by molar-refractivity contribution is -0.203. The Morgan fingerprint density at radius 1 is 0.778 bits per heavy atom. The van der Waals surface area contributed by atoms with E-state index in [1.165, 1.54) is 0 Å². The molecule has 6 heteroatoms. The summed E-state index contributed by atoms with van der Waals surface area (Å²) in [6, 6.07) is 0. The number of carbonyl (C=O) groups is 3. The molecule has 27 heavy (non-hydrogen) atoms. The van der Waals surface area contributed by atoms with Crippen molar-refractivity contribution in [3.8, 4) is 0 Å². The Morgan fingerprint density at radius 2 is 1.41 bits per heavy atom. The van der Waals surface area contributed by atoms with Gasteiger partial charge in [-0.25, -0.2) is 0 Å². The molecule has 155 valence electrons. The second-order valence-corrected chi connectivity index (χ2v) is 6.83. The van der Waals surface area contributed by atoms with Gasteiger partial charge in [0.15, 0.2) is 5.78 Å². The van der Waals surface area contributed by atoms with Gasteiger partial charge in [-0.15, -0.1) is 0 Å². The van der Waals surface area contributed by atoms with Gasteiger partial charge in [0, 0.05) is 19.3 Å². The molecule has 0 amide bonds. The normalized spacial score (nSPS) is 15.3. The minimum absolute atomic E-state index is 0.0528. The summed E-state index contributed by atoms with van der Waals surface area (Å²) in [4.78, 5) is 49.9. The molecule has 0 aromatic heterocycles. The van der Waals surface area contributed by atoms with Crippen molar-refractivity contribution < 1.29 is 28.7 Å². The third-order valence-corrected chi connectivity index (χ3v) is 4.55. The van der Waals surface area contributed by atoms with Crippen LogP contribution in [0.1, 0.15) is 98.8 Å².